The third-order valence-electron chi connectivity index (χ3n) is 13.0. The average Bonchev–Trinajstić information content (AvgIpc) is 3.77. The second kappa shape index (κ2) is 12.3. The van der Waals surface area contributed by atoms with Crippen molar-refractivity contribution in [2.24, 2.45) is 45.9 Å². The van der Waals surface area contributed by atoms with E-state index in [0.717, 1.165) is 49.9 Å². The van der Waals surface area contributed by atoms with Crippen LogP contribution in [0.15, 0.2) is 65.6 Å². The molecule has 8 fully saturated rings. The SMILES string of the molecule is Fc1c(F)c(F)c(/C(=C2\C=CC(C34CC5CC(CC(C5)C3)C4)=N2)c2ccc(C34CC5CC(CC(C5)C3)C4)[n-]2)c(F)c1F.[Co].c1ccncc1. The predicted molar refractivity (Wildman–Crippen MR) is 173 cm³/mol. The minimum absolute atomic E-state index is 0. The van der Waals surface area contributed by atoms with Gasteiger partial charge in [-0.1, -0.05) is 18.2 Å². The Hall–Kier alpha value is -3.04. The van der Waals surface area contributed by atoms with Crippen LogP contribution >= 0.6 is 0 Å². The number of hydrogen-bond donors (Lipinski definition) is 0. The van der Waals surface area contributed by atoms with Crippen LogP contribution in [-0.4, -0.2) is 10.7 Å². The normalized spacial score (nSPS) is 35.6. The van der Waals surface area contributed by atoms with Gasteiger partial charge in [0.2, 0.25) is 5.82 Å². The smallest absolute Gasteiger partial charge is 0.200 e. The van der Waals surface area contributed by atoms with Gasteiger partial charge in [-0.3, -0.25) is 9.98 Å². The van der Waals surface area contributed by atoms with Gasteiger partial charge in [0.1, 0.15) is 0 Å². The van der Waals surface area contributed by atoms with Crippen molar-refractivity contribution in [2.75, 3.05) is 0 Å². The van der Waals surface area contributed by atoms with Crippen LogP contribution in [0.1, 0.15) is 94.0 Å². The van der Waals surface area contributed by atoms with E-state index >= 15 is 8.78 Å². The largest absolute Gasteiger partial charge is 0.660 e. The summed E-state index contributed by atoms with van der Waals surface area (Å²) in [6.07, 6.45) is 21.0. The zero-order chi connectivity index (χ0) is 32.8. The molecule has 2 aromatic heterocycles. The number of benzene rings is 1. The molecule has 12 rings (SSSR count). The van der Waals surface area contributed by atoms with E-state index in [1.54, 1.807) is 24.5 Å². The van der Waals surface area contributed by atoms with Crippen molar-refractivity contribution in [2.45, 2.75) is 82.5 Å². The van der Waals surface area contributed by atoms with Crippen molar-refractivity contribution in [3.05, 3.63) is 107 Å². The maximum Gasteiger partial charge on any atom is 0.200 e. The molecule has 8 aliphatic carbocycles. The zero-order valence-corrected chi connectivity index (χ0v) is 28.3. The summed E-state index contributed by atoms with van der Waals surface area (Å²) in [6, 6.07) is 9.35. The molecule has 1 aliphatic heterocycles. The molecule has 0 saturated heterocycles. The van der Waals surface area contributed by atoms with Crippen molar-refractivity contribution < 1.29 is 38.7 Å². The Balaban J connectivity index is 0.000000453. The maximum absolute atomic E-state index is 15.5. The first-order valence-electron chi connectivity index (χ1n) is 17.7. The Labute approximate surface area is 294 Å². The summed E-state index contributed by atoms with van der Waals surface area (Å²) in [6.45, 7) is 0. The van der Waals surface area contributed by atoms with Crippen LogP contribution in [0.25, 0.3) is 5.57 Å². The number of nitrogens with zero attached hydrogens (tertiary/aromatic N) is 3. The van der Waals surface area contributed by atoms with Crippen molar-refractivity contribution in [1.82, 2.24) is 9.97 Å². The summed E-state index contributed by atoms with van der Waals surface area (Å²) in [4.78, 5) is 13.7. The first-order chi connectivity index (χ1) is 23.2. The fraction of sp³-hybridized carbons (Fsp3) is 0.500. The van der Waals surface area contributed by atoms with E-state index < -0.39 is 34.6 Å². The molecule has 3 aromatic rings. The summed E-state index contributed by atoms with van der Waals surface area (Å²) in [5.41, 5.74) is 1.08. The molecule has 0 N–H and O–H groups in total. The van der Waals surface area contributed by atoms with Gasteiger partial charge in [-0.05, 0) is 148 Å². The standard InChI is InChI=1S/C35H34F5N2.C5H5N.Co/c36-29-28(30(37)32(39)33(40)31(29)38)27(23-1-3-25(41-23)34-11-17-5-18(12-34)7-19(6-17)13-34)24-2-4-26(42-24)35-14-20-8-21(15-35)10-22(9-20)16-35;1-2-4-6-5-3-1;/h1-4,17-22H,5-16H2;1-5H;/q-1;;/b27-23+;;. The number of rotatable bonds is 4. The molecule has 0 spiro atoms. The maximum atomic E-state index is 15.5. The molecule has 9 heteroatoms. The van der Waals surface area contributed by atoms with Crippen molar-refractivity contribution >= 4 is 11.3 Å². The van der Waals surface area contributed by atoms with Crippen LogP contribution in [0, 0.1) is 70.0 Å². The van der Waals surface area contributed by atoms with E-state index in [1.165, 1.54) is 38.5 Å². The number of hydrogen-bond acceptors (Lipinski definition) is 2. The Kier molecular flexibility index (Phi) is 8.33. The van der Waals surface area contributed by atoms with Gasteiger partial charge in [0.25, 0.3) is 0 Å². The second-order valence-electron chi connectivity index (χ2n) is 16.2. The summed E-state index contributed by atoms with van der Waals surface area (Å²) >= 11 is 0. The molecule has 0 atom stereocenters. The molecule has 1 radical (unpaired) electrons. The van der Waals surface area contributed by atoms with Gasteiger partial charge in [0, 0.05) is 40.3 Å². The van der Waals surface area contributed by atoms with Gasteiger partial charge in [-0.2, -0.15) is 5.69 Å². The van der Waals surface area contributed by atoms with Crippen LogP contribution in [0.3, 0.4) is 0 Å². The fourth-order valence-corrected chi connectivity index (χ4v) is 12.0. The molecule has 9 aliphatic rings. The van der Waals surface area contributed by atoms with E-state index in [4.69, 9.17) is 9.98 Å². The Morgan fingerprint density at radius 3 is 1.51 bits per heavy atom. The molecule has 259 valence electrons. The average molecular weight is 716 g/mol. The van der Waals surface area contributed by atoms with Gasteiger partial charge in [-0.15, -0.1) is 5.69 Å². The molecule has 49 heavy (non-hydrogen) atoms. The number of allylic oxidation sites excluding steroid dienone is 2. The van der Waals surface area contributed by atoms with Crippen LogP contribution in [0.4, 0.5) is 22.0 Å². The van der Waals surface area contributed by atoms with Gasteiger partial charge >= 0.3 is 0 Å². The third-order valence-corrected chi connectivity index (χ3v) is 13.0. The van der Waals surface area contributed by atoms with Gasteiger partial charge in [-0.25, -0.2) is 22.0 Å². The molecule has 0 amide bonds. The minimum atomic E-state index is -2.15. The van der Waals surface area contributed by atoms with Crippen LogP contribution in [0.5, 0.6) is 0 Å². The van der Waals surface area contributed by atoms with Crippen molar-refractivity contribution in [3.63, 3.8) is 0 Å². The molecule has 8 saturated carbocycles. The Morgan fingerprint density at radius 2 is 1.06 bits per heavy atom. The van der Waals surface area contributed by atoms with Crippen molar-refractivity contribution in [3.8, 4) is 0 Å². The number of pyridine rings is 1. The van der Waals surface area contributed by atoms with E-state index in [-0.39, 0.29) is 44.6 Å². The summed E-state index contributed by atoms with van der Waals surface area (Å²) in [5, 5.41) is 0. The van der Waals surface area contributed by atoms with E-state index in [0.29, 0.717) is 35.5 Å². The molecule has 3 heterocycles. The van der Waals surface area contributed by atoms with Gasteiger partial charge in [0.15, 0.2) is 23.3 Å². The molecule has 0 unspecified atom stereocenters. The summed E-state index contributed by atoms with van der Waals surface area (Å²) < 4.78 is 74.3. The summed E-state index contributed by atoms with van der Waals surface area (Å²) in [7, 11) is 0. The molecule has 1 aromatic carbocycles. The first kappa shape index (κ1) is 33.1. The molecular weight excluding hydrogens is 676 g/mol. The second-order valence-corrected chi connectivity index (χ2v) is 16.2. The molecular formula is C40H39CoF5N3-. The zero-order valence-electron chi connectivity index (χ0n) is 27.2. The van der Waals surface area contributed by atoms with Crippen LogP contribution in [0.2, 0.25) is 0 Å². The van der Waals surface area contributed by atoms with Gasteiger partial charge < -0.3 is 4.98 Å². The Morgan fingerprint density at radius 1 is 0.592 bits per heavy atom. The van der Waals surface area contributed by atoms with Crippen LogP contribution < -0.4 is 4.98 Å². The predicted octanol–water partition coefficient (Wildman–Crippen LogP) is 9.87. The molecule has 8 bridgehead atoms. The Bertz CT molecular complexity index is 1730. The molecule has 3 nitrogen and oxygen atoms in total. The number of aliphatic imine (C=N–C) groups is 1. The fourth-order valence-electron chi connectivity index (χ4n) is 12.0. The summed E-state index contributed by atoms with van der Waals surface area (Å²) in [5.74, 6) is -5.65. The number of aromatic nitrogens is 2. The van der Waals surface area contributed by atoms with E-state index in [9.17, 15) is 13.2 Å². The monoisotopic (exact) mass is 715 g/mol. The quantitative estimate of drug-likeness (QED) is 0.153. The first-order valence-corrected chi connectivity index (χ1v) is 17.7. The van der Waals surface area contributed by atoms with E-state index in [1.807, 2.05) is 30.3 Å². The van der Waals surface area contributed by atoms with Crippen molar-refractivity contribution in [1.29, 1.82) is 0 Å². The minimum Gasteiger partial charge on any atom is -0.660 e. The topological polar surface area (TPSA) is 39.4 Å². The number of halogens is 5. The van der Waals surface area contributed by atoms with E-state index in [2.05, 4.69) is 4.98 Å². The van der Waals surface area contributed by atoms with Gasteiger partial charge in [0.05, 0.1) is 11.3 Å². The third kappa shape index (κ3) is 5.49. The van der Waals surface area contributed by atoms with Crippen LogP contribution in [-0.2, 0) is 22.2 Å².